The third-order valence-corrected chi connectivity index (χ3v) is 9.70. The number of hydrogen-bond acceptors (Lipinski definition) is 13. The highest BCUT2D eigenvalue weighted by atomic mass is 19.4. The first kappa shape index (κ1) is 36.0. The second-order valence-electron chi connectivity index (χ2n) is 13.2. The zero-order chi connectivity index (χ0) is 37.1. The van der Waals surface area contributed by atoms with Crippen molar-refractivity contribution in [2.24, 2.45) is 11.7 Å². The highest BCUT2D eigenvalue weighted by molar-refractivity contribution is 5.96. The summed E-state index contributed by atoms with van der Waals surface area (Å²) in [6, 6.07) is 8.30. The topological polar surface area (TPSA) is 175 Å². The van der Waals surface area contributed by atoms with E-state index in [0.29, 0.717) is 102 Å². The van der Waals surface area contributed by atoms with Crippen LogP contribution in [0, 0.1) is 11.7 Å². The van der Waals surface area contributed by atoms with Crippen LogP contribution in [0.1, 0.15) is 28.9 Å². The van der Waals surface area contributed by atoms with Crippen LogP contribution in [0.4, 0.5) is 46.5 Å². The monoisotopic (exact) mass is 738 g/mol. The van der Waals surface area contributed by atoms with E-state index >= 15 is 4.39 Å². The van der Waals surface area contributed by atoms with E-state index in [2.05, 4.69) is 40.6 Å². The Morgan fingerprint density at radius 2 is 1.70 bits per heavy atom. The van der Waals surface area contributed by atoms with Gasteiger partial charge in [-0.05, 0) is 49.1 Å². The molecule has 0 radical (unpaired) electrons. The minimum absolute atomic E-state index is 0.0794. The number of primary amides is 1. The SMILES string of the molecule is NC(=O)c1nnc(N2CCOCC2)nc1Nc1ccc(N2CCN(CC3CCN(c4ncc(-c5ccc(=O)[nH]n5)cc4C(F)(F)F)CC3)CC2)c(F)c1. The maximum atomic E-state index is 15.5. The average molecular weight is 739 g/mol. The fourth-order valence-corrected chi connectivity index (χ4v) is 6.87. The smallest absolute Gasteiger partial charge is 0.378 e. The quantitative estimate of drug-likeness (QED) is 0.214. The third-order valence-electron chi connectivity index (χ3n) is 9.70. The number of ether oxygens (including phenoxy) is 1. The van der Waals surface area contributed by atoms with Crippen molar-refractivity contribution in [1.82, 2.24) is 35.3 Å². The molecule has 0 saturated carbocycles. The van der Waals surface area contributed by atoms with E-state index in [-0.39, 0.29) is 28.6 Å². The van der Waals surface area contributed by atoms with Crippen molar-refractivity contribution in [3.8, 4) is 11.3 Å². The van der Waals surface area contributed by atoms with Gasteiger partial charge >= 0.3 is 6.18 Å². The molecule has 15 nitrogen and oxygen atoms in total. The van der Waals surface area contributed by atoms with E-state index in [9.17, 15) is 22.8 Å². The summed E-state index contributed by atoms with van der Waals surface area (Å²) >= 11 is 0. The van der Waals surface area contributed by atoms with Crippen LogP contribution < -0.4 is 31.3 Å². The maximum Gasteiger partial charge on any atom is 0.419 e. The Morgan fingerprint density at radius 3 is 2.36 bits per heavy atom. The average Bonchev–Trinajstić information content (AvgIpc) is 3.16. The van der Waals surface area contributed by atoms with Crippen molar-refractivity contribution in [1.29, 1.82) is 0 Å². The second-order valence-corrected chi connectivity index (χ2v) is 13.2. The van der Waals surface area contributed by atoms with Gasteiger partial charge in [0.2, 0.25) is 5.95 Å². The zero-order valence-corrected chi connectivity index (χ0v) is 28.7. The lowest BCUT2D eigenvalue weighted by Gasteiger charge is -2.40. The van der Waals surface area contributed by atoms with Gasteiger partial charge in [0, 0.05) is 82.4 Å². The van der Waals surface area contributed by atoms with E-state index in [4.69, 9.17) is 10.5 Å². The molecule has 280 valence electrons. The van der Waals surface area contributed by atoms with Crippen molar-refractivity contribution >= 4 is 34.9 Å². The van der Waals surface area contributed by atoms with Crippen LogP contribution in [0.5, 0.6) is 0 Å². The number of carbonyl (C=O) groups excluding carboxylic acids is 1. The molecule has 3 aromatic heterocycles. The normalized spacial score (nSPS) is 17.6. The first-order valence-corrected chi connectivity index (χ1v) is 17.3. The van der Waals surface area contributed by atoms with Gasteiger partial charge in [-0.2, -0.15) is 23.3 Å². The highest BCUT2D eigenvalue weighted by Crippen LogP contribution is 2.39. The molecule has 3 aliphatic heterocycles. The number of halogens is 4. The van der Waals surface area contributed by atoms with Crippen molar-refractivity contribution in [2.75, 3.05) is 92.1 Å². The fourth-order valence-electron chi connectivity index (χ4n) is 6.87. The van der Waals surface area contributed by atoms with Gasteiger partial charge in [-0.1, -0.05) is 0 Å². The summed E-state index contributed by atoms with van der Waals surface area (Å²) in [6.07, 6.45) is -1.86. The number of nitrogens with one attached hydrogen (secondary N) is 2. The van der Waals surface area contributed by atoms with Gasteiger partial charge in [0.05, 0.1) is 30.2 Å². The van der Waals surface area contributed by atoms with Gasteiger partial charge in [0.15, 0.2) is 11.5 Å². The van der Waals surface area contributed by atoms with Crippen LogP contribution in [0.25, 0.3) is 11.3 Å². The molecule has 7 rings (SSSR count). The lowest BCUT2D eigenvalue weighted by Crippen LogP contribution is -2.49. The van der Waals surface area contributed by atoms with Crippen molar-refractivity contribution in [2.45, 2.75) is 19.0 Å². The standard InChI is InChI=1S/C34H38F4N12O3/c35-25-18-23(41-31-29(30(39)52)45-46-33(42-31)50-13-15-53-16-14-50)1-3-27(25)48-11-9-47(10-12-48)20-21-5-7-49(8-6-21)32-24(34(36,37)38)17-22(19-40-32)26-2-4-28(51)44-43-26/h1-4,17-19,21H,5-16,20H2,(H2,39,52)(H,44,51)(H,41,42,46). The molecule has 0 bridgehead atoms. The predicted octanol–water partition coefficient (Wildman–Crippen LogP) is 2.89. The Balaban J connectivity index is 0.929. The summed E-state index contributed by atoms with van der Waals surface area (Å²) in [7, 11) is 0. The molecule has 1 aromatic carbocycles. The minimum atomic E-state index is -4.62. The zero-order valence-electron chi connectivity index (χ0n) is 28.7. The second kappa shape index (κ2) is 15.3. The number of aromatic amines is 1. The number of pyridine rings is 1. The number of piperazine rings is 1. The van der Waals surface area contributed by atoms with Crippen molar-refractivity contribution in [3.05, 3.63) is 70.0 Å². The molecule has 53 heavy (non-hydrogen) atoms. The van der Waals surface area contributed by atoms with Crippen molar-refractivity contribution in [3.63, 3.8) is 0 Å². The minimum Gasteiger partial charge on any atom is -0.378 e. The van der Waals surface area contributed by atoms with E-state index in [1.54, 1.807) is 17.0 Å². The van der Waals surface area contributed by atoms with Crippen LogP contribution in [0.2, 0.25) is 0 Å². The number of piperidine rings is 1. The number of alkyl halides is 3. The molecule has 0 aliphatic carbocycles. The Labute approximate surface area is 301 Å². The van der Waals surface area contributed by atoms with E-state index in [0.717, 1.165) is 12.6 Å². The predicted molar refractivity (Wildman–Crippen MR) is 188 cm³/mol. The molecule has 4 N–H and O–H groups in total. The number of carbonyl (C=O) groups is 1. The first-order chi connectivity index (χ1) is 25.5. The molecule has 4 aromatic rings. The lowest BCUT2D eigenvalue weighted by atomic mass is 9.95. The Morgan fingerprint density at radius 1 is 0.943 bits per heavy atom. The van der Waals surface area contributed by atoms with Gasteiger partial charge < -0.3 is 30.5 Å². The Hall–Kier alpha value is -5.43. The highest BCUT2D eigenvalue weighted by Gasteiger charge is 2.37. The van der Waals surface area contributed by atoms with Gasteiger partial charge in [-0.15, -0.1) is 10.2 Å². The molecule has 3 fully saturated rings. The van der Waals surface area contributed by atoms with Crippen LogP contribution in [-0.4, -0.2) is 113 Å². The Bertz CT molecular complexity index is 1970. The van der Waals surface area contributed by atoms with Gasteiger partial charge in [0.1, 0.15) is 11.6 Å². The molecule has 19 heteroatoms. The van der Waals surface area contributed by atoms with Crippen LogP contribution in [0.3, 0.4) is 0 Å². The molecule has 3 saturated heterocycles. The summed E-state index contributed by atoms with van der Waals surface area (Å²) in [5.41, 5.74) is 5.22. The lowest BCUT2D eigenvalue weighted by molar-refractivity contribution is -0.137. The van der Waals surface area contributed by atoms with Gasteiger partial charge in [-0.3, -0.25) is 14.5 Å². The van der Waals surface area contributed by atoms with E-state index in [1.807, 2.05) is 9.80 Å². The Kier molecular flexibility index (Phi) is 10.4. The molecule has 1 amide bonds. The molecule has 6 heterocycles. The fraction of sp³-hybridized carbons (Fsp3) is 0.441. The van der Waals surface area contributed by atoms with Gasteiger partial charge in [-0.25, -0.2) is 14.5 Å². The van der Waals surface area contributed by atoms with E-state index < -0.39 is 29.0 Å². The number of H-pyrrole nitrogens is 1. The summed E-state index contributed by atoms with van der Waals surface area (Å²) in [5.74, 6) is -0.689. The van der Waals surface area contributed by atoms with Crippen LogP contribution >= 0.6 is 0 Å². The molecule has 0 atom stereocenters. The first-order valence-electron chi connectivity index (χ1n) is 17.3. The molecular formula is C34H38F4N12O3. The molecule has 3 aliphatic rings. The summed E-state index contributed by atoms with van der Waals surface area (Å²) in [6.45, 7) is 6.42. The van der Waals surface area contributed by atoms with Crippen molar-refractivity contribution < 1.29 is 27.1 Å². The largest absolute Gasteiger partial charge is 0.419 e. The number of amides is 1. The number of rotatable bonds is 9. The number of nitrogens with two attached hydrogens (primary N) is 1. The number of benzene rings is 1. The summed E-state index contributed by atoms with van der Waals surface area (Å²) < 4.78 is 63.3. The number of anilines is 5. The number of morpholine rings is 1. The molecular weight excluding hydrogens is 700 g/mol. The van der Waals surface area contributed by atoms with Crippen LogP contribution in [-0.2, 0) is 10.9 Å². The molecule has 0 spiro atoms. The number of aromatic nitrogens is 6. The number of nitrogens with zero attached hydrogens (tertiary/aromatic N) is 9. The molecule has 0 unspecified atom stereocenters. The van der Waals surface area contributed by atoms with E-state index in [1.165, 1.54) is 24.4 Å². The van der Waals surface area contributed by atoms with Crippen LogP contribution in [0.15, 0.2) is 47.4 Å². The third kappa shape index (κ3) is 8.30. The summed E-state index contributed by atoms with van der Waals surface area (Å²) in [4.78, 5) is 39.9. The van der Waals surface area contributed by atoms with Gasteiger partial charge in [0.25, 0.3) is 11.5 Å². The number of hydrogen-bond donors (Lipinski definition) is 3. The maximum absolute atomic E-state index is 15.5. The summed E-state index contributed by atoms with van der Waals surface area (Å²) in [5, 5.41) is 17.0.